The maximum absolute atomic E-state index is 13.2. The van der Waals surface area contributed by atoms with Crippen molar-refractivity contribution in [2.24, 2.45) is 0 Å². The predicted octanol–water partition coefficient (Wildman–Crippen LogP) is 3.31. The Morgan fingerprint density at radius 1 is 1.16 bits per heavy atom. The monoisotopic (exact) mass is 521 g/mol. The van der Waals surface area contributed by atoms with E-state index in [0.717, 1.165) is 11.6 Å². The van der Waals surface area contributed by atoms with E-state index >= 15 is 0 Å². The zero-order valence-electron chi connectivity index (χ0n) is 12.9. The summed E-state index contributed by atoms with van der Waals surface area (Å²) in [7, 11) is 0. The molecule has 5 nitrogen and oxygen atoms in total. The topological polar surface area (TPSA) is 76.0 Å². The number of carboxylic acids is 1. The van der Waals surface area contributed by atoms with Crippen molar-refractivity contribution in [2.45, 2.75) is 6.92 Å². The minimum atomic E-state index is -0.990. The number of nitrogens with zero attached hydrogens (tertiary/aromatic N) is 3. The quantitative estimate of drug-likeness (QED) is 0.415. The molecule has 0 atom stereocenters. The molecule has 1 N–H and O–H groups in total. The van der Waals surface area contributed by atoms with Crippen LogP contribution in [0.2, 0.25) is 0 Å². The summed E-state index contributed by atoms with van der Waals surface area (Å²) in [6, 6.07) is 11.7. The number of halogens is 2. The predicted molar refractivity (Wildman–Crippen MR) is 82.2 cm³/mol. The molecule has 0 saturated carbocycles. The van der Waals surface area contributed by atoms with Crippen LogP contribution in [0, 0.1) is 24.9 Å². The van der Waals surface area contributed by atoms with E-state index < -0.39 is 17.9 Å². The summed E-state index contributed by atoms with van der Waals surface area (Å²) < 4.78 is 25.8. The number of rotatable bonds is 2. The molecule has 0 aliphatic heterocycles. The molecule has 25 heavy (non-hydrogen) atoms. The molecule has 0 saturated heterocycles. The molecule has 1 radical (unpaired) electrons. The van der Waals surface area contributed by atoms with Crippen molar-refractivity contribution in [3.05, 3.63) is 78.0 Å². The van der Waals surface area contributed by atoms with Gasteiger partial charge in [-0.05, 0) is 30.8 Å². The molecule has 0 spiro atoms. The van der Waals surface area contributed by atoms with Gasteiger partial charge in [0.15, 0.2) is 0 Å². The first-order chi connectivity index (χ1) is 11.5. The van der Waals surface area contributed by atoms with Gasteiger partial charge in [0.25, 0.3) is 0 Å². The number of aromatic carboxylic acids is 1. The summed E-state index contributed by atoms with van der Waals surface area (Å²) in [4.78, 5) is 20.8. The van der Waals surface area contributed by atoms with Gasteiger partial charge in [0.05, 0.1) is 0 Å². The van der Waals surface area contributed by atoms with Crippen LogP contribution >= 0.6 is 0 Å². The van der Waals surface area contributed by atoms with Gasteiger partial charge in [-0.25, -0.2) is 18.6 Å². The van der Waals surface area contributed by atoms with Crippen molar-refractivity contribution in [3.63, 3.8) is 0 Å². The minimum Gasteiger partial charge on any atom is -0.477 e. The first-order valence-electron chi connectivity index (χ1n) is 6.78. The van der Waals surface area contributed by atoms with Crippen LogP contribution in [0.4, 0.5) is 8.78 Å². The number of hydrogen-bond donors (Lipinski definition) is 1. The van der Waals surface area contributed by atoms with Crippen molar-refractivity contribution >= 4 is 5.97 Å². The van der Waals surface area contributed by atoms with Crippen LogP contribution in [0.5, 0.6) is 0 Å². The van der Waals surface area contributed by atoms with Gasteiger partial charge in [0, 0.05) is 32.5 Å². The van der Waals surface area contributed by atoms with Crippen molar-refractivity contribution in [2.75, 3.05) is 0 Å². The van der Waals surface area contributed by atoms with Gasteiger partial charge >= 0.3 is 5.97 Å². The van der Waals surface area contributed by atoms with Crippen LogP contribution in [-0.4, -0.2) is 26.0 Å². The number of aromatic nitrogens is 3. The molecule has 0 aliphatic carbocycles. The van der Waals surface area contributed by atoms with E-state index in [1.165, 1.54) is 12.3 Å². The number of carbonyl (C=O) groups is 1. The summed E-state index contributed by atoms with van der Waals surface area (Å²) in [5.74, 6) is -2.77. The summed E-state index contributed by atoms with van der Waals surface area (Å²) in [6.07, 6.45) is 3.00. The molecular weight excluding hydrogens is 508 g/mol. The second kappa shape index (κ2) is 9.66. The van der Waals surface area contributed by atoms with Gasteiger partial charge in [0.1, 0.15) is 17.6 Å². The van der Waals surface area contributed by atoms with Gasteiger partial charge in [-0.3, -0.25) is 4.98 Å². The van der Waals surface area contributed by atoms with E-state index in [-0.39, 0.29) is 31.4 Å². The fourth-order valence-corrected chi connectivity index (χ4v) is 1.72. The van der Waals surface area contributed by atoms with Gasteiger partial charge in [-0.15, -0.1) is 6.07 Å². The third-order valence-corrected chi connectivity index (χ3v) is 2.80. The van der Waals surface area contributed by atoms with Crippen molar-refractivity contribution in [1.29, 1.82) is 0 Å². The van der Waals surface area contributed by atoms with E-state index in [0.29, 0.717) is 5.69 Å². The van der Waals surface area contributed by atoms with Crippen LogP contribution in [0.15, 0.2) is 48.8 Å². The molecule has 8 heteroatoms. The zero-order chi connectivity index (χ0) is 17.5. The summed E-state index contributed by atoms with van der Waals surface area (Å²) in [6.45, 7) is 1.86. The van der Waals surface area contributed by atoms with Gasteiger partial charge < -0.3 is 10.1 Å². The Morgan fingerprint density at radius 3 is 2.44 bits per heavy atom. The molecule has 0 fully saturated rings. The largest absolute Gasteiger partial charge is 0.477 e. The number of carboxylic acid groups (broad SMARTS) is 1. The van der Waals surface area contributed by atoms with E-state index in [4.69, 9.17) is 5.11 Å². The zero-order valence-corrected chi connectivity index (χ0v) is 15.3. The van der Waals surface area contributed by atoms with Crippen LogP contribution in [0.1, 0.15) is 16.1 Å². The Bertz CT molecular complexity index is 848. The molecule has 0 aromatic carbocycles. The van der Waals surface area contributed by atoms with E-state index in [2.05, 4.69) is 21.0 Å². The molecule has 0 aliphatic rings. The number of aryl methyl sites for hydroxylation is 1. The Morgan fingerprint density at radius 2 is 1.92 bits per heavy atom. The Hall–Kier alpha value is -2.57. The van der Waals surface area contributed by atoms with Gasteiger partial charge in [-0.1, -0.05) is 29.3 Å². The van der Waals surface area contributed by atoms with E-state index in [1.807, 2.05) is 6.92 Å². The molecule has 3 heterocycles. The molecule has 0 unspecified atom stereocenters. The van der Waals surface area contributed by atoms with Crippen molar-refractivity contribution < 1.29 is 38.8 Å². The number of hydrogen-bond acceptors (Lipinski definition) is 4. The second-order valence-electron chi connectivity index (χ2n) is 4.63. The molecule has 3 rings (SSSR count). The third kappa shape index (κ3) is 6.10. The fraction of sp³-hybridized carbons (Fsp3) is 0.0588. The Kier molecular flexibility index (Phi) is 7.91. The molecule has 131 valence electrons. The Labute approximate surface area is 156 Å². The SMILES string of the molecule is Cc1ccnc(-c2[c-]cc(F)nc2F)c1.O=C(O)c1ccccn1.[Ir]. The maximum atomic E-state index is 13.2. The molecule has 0 amide bonds. The van der Waals surface area contributed by atoms with Gasteiger partial charge in [0.2, 0.25) is 0 Å². The molecule has 3 aromatic rings. The second-order valence-corrected chi connectivity index (χ2v) is 4.63. The van der Waals surface area contributed by atoms with Crippen LogP contribution in [0.3, 0.4) is 0 Å². The standard InChI is InChI=1S/C11H7F2N2.C6H5NO2.Ir/c1-7-4-5-14-9(6-7)8-2-3-10(12)15-11(8)13;8-6(9)5-3-1-2-4-7-5;/h3-6H,1H3;1-4H,(H,8,9);/q-1;;. The summed E-state index contributed by atoms with van der Waals surface area (Å²) in [5, 5.41) is 8.32. The average molecular weight is 521 g/mol. The minimum absolute atomic E-state index is 0. The maximum Gasteiger partial charge on any atom is 0.354 e. The molecule has 0 bridgehead atoms. The van der Waals surface area contributed by atoms with Crippen LogP contribution in [-0.2, 0) is 20.1 Å². The normalized spacial score (nSPS) is 9.40. The van der Waals surface area contributed by atoms with Crippen molar-refractivity contribution in [3.8, 4) is 11.3 Å². The number of pyridine rings is 3. The van der Waals surface area contributed by atoms with Crippen LogP contribution in [0.25, 0.3) is 11.3 Å². The average Bonchev–Trinajstić information content (AvgIpc) is 2.56. The summed E-state index contributed by atoms with van der Waals surface area (Å²) >= 11 is 0. The van der Waals surface area contributed by atoms with E-state index in [9.17, 15) is 13.6 Å². The smallest absolute Gasteiger partial charge is 0.354 e. The summed E-state index contributed by atoms with van der Waals surface area (Å²) in [5.41, 5.74) is 1.51. The van der Waals surface area contributed by atoms with Crippen molar-refractivity contribution in [1.82, 2.24) is 15.0 Å². The first-order valence-corrected chi connectivity index (χ1v) is 6.78. The van der Waals surface area contributed by atoms with Gasteiger partial charge in [-0.2, -0.15) is 0 Å². The first kappa shape index (κ1) is 20.5. The molecule has 3 aromatic heterocycles. The third-order valence-electron chi connectivity index (χ3n) is 2.80. The fourth-order valence-electron chi connectivity index (χ4n) is 1.72. The van der Waals surface area contributed by atoms with Crippen LogP contribution < -0.4 is 0 Å². The Balaban J connectivity index is 0.000000270. The molecular formula is C17H12F2IrN3O2-. The van der Waals surface area contributed by atoms with E-state index in [1.54, 1.807) is 30.5 Å².